The molecule has 0 fully saturated rings. The molecule has 0 saturated heterocycles. The van der Waals surface area contributed by atoms with Crippen LogP contribution in [0.1, 0.15) is 56.8 Å². The van der Waals surface area contributed by atoms with Gasteiger partial charge in [0.25, 0.3) is 5.91 Å². The van der Waals surface area contributed by atoms with Crippen LogP contribution in [0.3, 0.4) is 0 Å². The number of amides is 1. The largest absolute Gasteiger partial charge is 1.00 e. The predicted octanol–water partition coefficient (Wildman–Crippen LogP) is 3.43. The van der Waals surface area contributed by atoms with Crippen LogP contribution in [0.4, 0.5) is 10.1 Å². The third kappa shape index (κ3) is 8.18. The first-order chi connectivity index (χ1) is 19.7. The summed E-state index contributed by atoms with van der Waals surface area (Å²) in [4.78, 5) is 25.0. The molecule has 216 valence electrons. The van der Waals surface area contributed by atoms with Crippen LogP contribution in [-0.2, 0) is 11.2 Å². The number of halogens is 1. The quantitative estimate of drug-likeness (QED) is 0.191. The number of hydrogen-bond donors (Lipinski definition) is 4. The summed E-state index contributed by atoms with van der Waals surface area (Å²) in [5.74, 6) is -1.83. The van der Waals surface area contributed by atoms with E-state index in [1.807, 2.05) is 79.1 Å². The first-order valence-electron chi connectivity index (χ1n) is 13.7. The predicted molar refractivity (Wildman–Crippen MR) is 158 cm³/mol. The van der Waals surface area contributed by atoms with Crippen LogP contribution in [0.25, 0.3) is 22.3 Å². The van der Waals surface area contributed by atoms with Gasteiger partial charge in [-0.25, -0.2) is 4.39 Å². The zero-order chi connectivity index (χ0) is 29.5. The molecule has 0 aliphatic rings. The minimum atomic E-state index is -1.18. The molecule has 0 aliphatic heterocycles. The van der Waals surface area contributed by atoms with E-state index in [1.165, 1.54) is 12.1 Å². The Bertz CT molecular complexity index is 1480. The van der Waals surface area contributed by atoms with E-state index in [2.05, 4.69) is 5.32 Å². The summed E-state index contributed by atoms with van der Waals surface area (Å²) < 4.78 is 16.0. The molecule has 4 rings (SSSR count). The molecule has 7 nitrogen and oxygen atoms in total. The van der Waals surface area contributed by atoms with Gasteiger partial charge in [-0.15, -0.1) is 0 Å². The first kappa shape index (κ1) is 33.2. The normalized spacial score (nSPS) is 12.4. The number of carbonyl (C=O) groups is 2. The molecule has 4 N–H and O–H groups in total. The Morgan fingerprint density at radius 2 is 1.43 bits per heavy atom. The number of aromatic nitrogens is 1. The van der Waals surface area contributed by atoms with Crippen molar-refractivity contribution in [1.29, 1.82) is 0 Å². The molecule has 1 heterocycles. The van der Waals surface area contributed by atoms with Crippen LogP contribution in [-0.4, -0.2) is 44.0 Å². The Balaban J connectivity index is 0.00000323. The van der Waals surface area contributed by atoms with Crippen LogP contribution in [0.5, 0.6) is 0 Å². The molecule has 0 aliphatic carbocycles. The molecule has 3 aromatic carbocycles. The van der Waals surface area contributed by atoms with E-state index < -0.39 is 24.6 Å². The fourth-order valence-corrected chi connectivity index (χ4v) is 5.22. The second-order valence-electron chi connectivity index (χ2n) is 10.4. The van der Waals surface area contributed by atoms with Gasteiger partial charge in [-0.1, -0.05) is 60.7 Å². The van der Waals surface area contributed by atoms with Crippen LogP contribution in [0.15, 0.2) is 84.9 Å². The summed E-state index contributed by atoms with van der Waals surface area (Å²) in [7, 11) is 0. The third-order valence-corrected chi connectivity index (χ3v) is 6.93. The van der Waals surface area contributed by atoms with Gasteiger partial charge in [0, 0.05) is 28.6 Å². The fraction of sp³-hybridized carbons (Fsp3) is 0.273. The molecule has 1 aromatic heterocycles. The Hall–Kier alpha value is -3.27. The minimum Gasteiger partial charge on any atom is -1.00 e. The summed E-state index contributed by atoms with van der Waals surface area (Å²) in [6, 6.07) is 24.6. The first-order valence-corrected chi connectivity index (χ1v) is 13.7. The number of hydrogen-bond acceptors (Lipinski definition) is 4. The molecule has 0 radical (unpaired) electrons. The molecule has 0 saturated carbocycles. The summed E-state index contributed by atoms with van der Waals surface area (Å²) in [6.45, 7) is 3.94. The Kier molecular flexibility index (Phi) is 12.1. The maximum atomic E-state index is 14.0. The average Bonchev–Trinajstić information content (AvgIpc) is 3.28. The maximum Gasteiger partial charge on any atom is 1.00 e. The van der Waals surface area contributed by atoms with Gasteiger partial charge in [-0.05, 0) is 68.5 Å². The number of carbonyl (C=O) groups excluding carboxylic acids is 1. The molecular weight excluding hydrogens is 546 g/mol. The standard InChI is InChI=1S/C33H35FN2O5.Na.H/c1-21(2)36-28(18-17-26(37)19-27(38)20-29(39)40)30(23-13-15-24(34)16-14-23)31(22-9-5-3-6-10-22)32(36)33(41)35-25-11-7-4-8-12-25;;/h3-16,21,26-27,37-38H,17-20H2,1-2H3,(H,35,41)(H,39,40);;/q;+1;-1/t26?,27-;;/m1../s1. The van der Waals surface area contributed by atoms with E-state index in [4.69, 9.17) is 5.11 Å². The smallest absolute Gasteiger partial charge is 1.00 e. The van der Waals surface area contributed by atoms with E-state index in [9.17, 15) is 24.2 Å². The molecule has 1 amide bonds. The number of aliphatic hydroxyl groups is 2. The van der Waals surface area contributed by atoms with Crippen molar-refractivity contribution in [2.24, 2.45) is 0 Å². The summed E-state index contributed by atoms with van der Waals surface area (Å²) in [5.41, 5.74) is 4.81. The molecule has 0 spiro atoms. The van der Waals surface area contributed by atoms with Gasteiger partial charge >= 0.3 is 35.5 Å². The summed E-state index contributed by atoms with van der Waals surface area (Å²) in [5, 5.41) is 32.8. The maximum absolute atomic E-state index is 14.0. The molecule has 0 bridgehead atoms. The van der Waals surface area contributed by atoms with Gasteiger partial charge in [-0.3, -0.25) is 9.59 Å². The molecule has 9 heteroatoms. The number of aliphatic carboxylic acids is 1. The topological polar surface area (TPSA) is 112 Å². The average molecular weight is 583 g/mol. The number of aliphatic hydroxyl groups excluding tert-OH is 2. The van der Waals surface area contributed by atoms with Crippen molar-refractivity contribution in [3.05, 3.63) is 102 Å². The fourth-order valence-electron chi connectivity index (χ4n) is 5.22. The van der Waals surface area contributed by atoms with Crippen LogP contribution >= 0.6 is 0 Å². The van der Waals surface area contributed by atoms with E-state index in [0.717, 1.165) is 16.8 Å². The van der Waals surface area contributed by atoms with E-state index in [0.29, 0.717) is 28.9 Å². The second kappa shape index (κ2) is 15.3. The van der Waals surface area contributed by atoms with E-state index >= 15 is 0 Å². The molecule has 2 atom stereocenters. The number of nitrogens with one attached hydrogen (secondary N) is 1. The van der Waals surface area contributed by atoms with Gasteiger partial charge < -0.3 is 26.6 Å². The van der Waals surface area contributed by atoms with Crippen molar-refractivity contribution >= 4 is 17.6 Å². The number of nitrogens with zero attached hydrogens (tertiary/aromatic N) is 1. The van der Waals surface area contributed by atoms with Gasteiger partial charge in [0.1, 0.15) is 11.5 Å². The van der Waals surface area contributed by atoms with Gasteiger partial charge in [0.05, 0.1) is 18.6 Å². The summed E-state index contributed by atoms with van der Waals surface area (Å²) >= 11 is 0. The van der Waals surface area contributed by atoms with Crippen molar-refractivity contribution < 1.29 is 60.3 Å². The zero-order valence-corrected chi connectivity index (χ0v) is 26.1. The second-order valence-corrected chi connectivity index (χ2v) is 10.4. The van der Waals surface area contributed by atoms with Gasteiger partial charge in [0.2, 0.25) is 0 Å². The van der Waals surface area contributed by atoms with Gasteiger partial charge in [0.15, 0.2) is 0 Å². The Morgan fingerprint density at radius 1 is 0.857 bits per heavy atom. The number of rotatable bonds is 12. The number of benzene rings is 3. The molecular formula is C33H36FN2NaO5. The zero-order valence-electron chi connectivity index (χ0n) is 25.1. The van der Waals surface area contributed by atoms with Crippen molar-refractivity contribution in [3.8, 4) is 22.3 Å². The van der Waals surface area contributed by atoms with Crippen molar-refractivity contribution in [3.63, 3.8) is 0 Å². The van der Waals surface area contributed by atoms with E-state index in [1.54, 1.807) is 12.1 Å². The van der Waals surface area contributed by atoms with Crippen LogP contribution in [0, 0.1) is 5.82 Å². The molecule has 4 aromatic rings. The van der Waals surface area contributed by atoms with E-state index in [-0.39, 0.29) is 61.6 Å². The monoisotopic (exact) mass is 582 g/mol. The van der Waals surface area contributed by atoms with Crippen molar-refractivity contribution in [2.45, 2.75) is 57.8 Å². The number of para-hydroxylation sites is 1. The molecule has 1 unspecified atom stereocenters. The van der Waals surface area contributed by atoms with Crippen LogP contribution in [0.2, 0.25) is 0 Å². The Morgan fingerprint density at radius 3 is 2.00 bits per heavy atom. The van der Waals surface area contributed by atoms with Crippen LogP contribution < -0.4 is 34.9 Å². The molecule has 42 heavy (non-hydrogen) atoms. The number of carboxylic acid groups (broad SMARTS) is 1. The SMILES string of the molecule is CC(C)n1c(CCC(O)C[C@@H](O)CC(=O)O)c(-c2ccc(F)cc2)c(-c2ccccc2)c1C(=O)Nc1ccccc1.[H-].[Na+]. The van der Waals surface area contributed by atoms with Gasteiger partial charge in [-0.2, -0.15) is 0 Å². The van der Waals surface area contributed by atoms with Crippen molar-refractivity contribution in [2.75, 3.05) is 5.32 Å². The third-order valence-electron chi connectivity index (χ3n) is 6.93. The Labute approximate surface area is 268 Å². The number of carboxylic acids is 1. The summed E-state index contributed by atoms with van der Waals surface area (Å²) in [6.07, 6.45) is -2.15. The number of anilines is 1. The minimum absolute atomic E-state index is 0. The van der Waals surface area contributed by atoms with Crippen molar-refractivity contribution in [1.82, 2.24) is 4.57 Å².